The highest BCUT2D eigenvalue weighted by atomic mass is 32.2. The van der Waals surface area contributed by atoms with E-state index in [2.05, 4.69) is 37.1 Å². The zero-order valence-electron chi connectivity index (χ0n) is 22.9. The van der Waals surface area contributed by atoms with Gasteiger partial charge in [-0.15, -0.1) is 0 Å². The van der Waals surface area contributed by atoms with Crippen LogP contribution in [0.25, 0.3) is 0 Å². The molecule has 1 amide bonds. The Kier molecular flexibility index (Phi) is 14.1. The zero-order chi connectivity index (χ0) is 28.2. The Balaban J connectivity index is 3.26. The molecule has 0 heterocycles. The van der Waals surface area contributed by atoms with Crippen molar-refractivity contribution < 1.29 is 27.5 Å². The van der Waals surface area contributed by atoms with Gasteiger partial charge in [-0.3, -0.25) is 4.79 Å². The number of hydrogen-bond acceptors (Lipinski definition) is 9. The van der Waals surface area contributed by atoms with Crippen LogP contribution in [-0.2, 0) is 35.3 Å². The van der Waals surface area contributed by atoms with Crippen LogP contribution in [0.5, 0.6) is 0 Å². The smallest absolute Gasteiger partial charge is 0.348 e. The second-order valence-electron chi connectivity index (χ2n) is 9.75. The first-order valence-corrected chi connectivity index (χ1v) is 15.3. The van der Waals surface area contributed by atoms with Gasteiger partial charge >= 0.3 is 5.97 Å². The van der Waals surface area contributed by atoms with E-state index in [9.17, 15) is 18.0 Å². The summed E-state index contributed by atoms with van der Waals surface area (Å²) in [5.41, 5.74) is 6.85. The lowest BCUT2D eigenvalue weighted by atomic mass is 9.99. The number of ether oxygens (including phenoxy) is 2. The molecule has 1 aromatic carbocycles. The molecule has 1 aromatic rings. The molecule has 0 aliphatic heterocycles. The fourth-order valence-corrected chi connectivity index (χ4v) is 5.02. The minimum Gasteiger partial charge on any atom is -0.460 e. The number of rotatable bonds is 17. The highest BCUT2D eigenvalue weighted by Gasteiger charge is 2.50. The van der Waals surface area contributed by atoms with Crippen molar-refractivity contribution in [2.24, 2.45) is 11.7 Å². The van der Waals surface area contributed by atoms with E-state index in [1.807, 2.05) is 30.3 Å². The first-order chi connectivity index (χ1) is 17.3. The number of carbonyl (C=O) groups excluding carboxylic acids is 2. The summed E-state index contributed by atoms with van der Waals surface area (Å²) in [7, 11) is -4.09. The van der Waals surface area contributed by atoms with Gasteiger partial charge in [0.2, 0.25) is 4.87 Å². The molecule has 0 unspecified atom stereocenters. The lowest BCUT2D eigenvalue weighted by molar-refractivity contribution is -0.155. The van der Waals surface area contributed by atoms with Gasteiger partial charge in [-0.1, -0.05) is 57.5 Å². The largest absolute Gasteiger partial charge is 0.460 e. The number of nitrogens with two attached hydrogens (primary N) is 1. The molecule has 0 bridgehead atoms. The topological polar surface area (TPSA) is 137 Å². The van der Waals surface area contributed by atoms with Gasteiger partial charge in [0, 0.05) is 37.1 Å². The molecule has 0 radical (unpaired) electrons. The SMILES string of the molecule is CC[C@H](C)[C@H](CO[C@@H](Cc1ccccc1)C(=O)N[C@](CC)(C(=O)OC(C)C)S(C)(=O)=O)NC[C@@H](N)CS. The fraction of sp³-hybridized carbons (Fsp3) is 0.692. The number of thiol groups is 1. The molecule has 4 N–H and O–H groups in total. The first kappa shape index (κ1) is 33.4. The van der Waals surface area contributed by atoms with Crippen LogP contribution < -0.4 is 16.4 Å². The number of benzene rings is 1. The van der Waals surface area contributed by atoms with E-state index in [0.717, 1.165) is 18.2 Å². The Morgan fingerprint density at radius 1 is 1.14 bits per heavy atom. The Morgan fingerprint density at radius 3 is 2.24 bits per heavy atom. The van der Waals surface area contributed by atoms with Gasteiger partial charge < -0.3 is 25.8 Å². The molecular weight excluding hydrogens is 514 g/mol. The van der Waals surface area contributed by atoms with Crippen molar-refractivity contribution in [3.63, 3.8) is 0 Å². The minimum atomic E-state index is -4.09. The van der Waals surface area contributed by atoms with Crippen LogP contribution in [0.1, 0.15) is 53.0 Å². The molecule has 0 aliphatic rings. The number of amides is 1. The lowest BCUT2D eigenvalue weighted by Gasteiger charge is -2.33. The molecule has 0 aliphatic carbocycles. The maximum absolute atomic E-state index is 13.6. The van der Waals surface area contributed by atoms with E-state index < -0.39 is 38.8 Å². The minimum absolute atomic E-state index is 0.0984. The maximum Gasteiger partial charge on any atom is 0.348 e. The molecule has 11 heteroatoms. The van der Waals surface area contributed by atoms with Gasteiger partial charge in [0.15, 0.2) is 9.84 Å². The molecule has 0 fully saturated rings. The highest BCUT2D eigenvalue weighted by Crippen LogP contribution is 2.22. The molecule has 0 saturated carbocycles. The number of carbonyl (C=O) groups is 2. The third-order valence-electron chi connectivity index (χ3n) is 6.37. The van der Waals surface area contributed by atoms with Crippen LogP contribution in [-0.4, -0.2) is 74.6 Å². The van der Waals surface area contributed by atoms with Crippen molar-refractivity contribution in [3.05, 3.63) is 35.9 Å². The summed E-state index contributed by atoms with van der Waals surface area (Å²) in [5.74, 6) is -0.970. The van der Waals surface area contributed by atoms with Crippen LogP contribution >= 0.6 is 12.6 Å². The van der Waals surface area contributed by atoms with Crippen LogP contribution in [0, 0.1) is 5.92 Å². The summed E-state index contributed by atoms with van der Waals surface area (Å²) in [6, 6.07) is 9.04. The van der Waals surface area contributed by atoms with Crippen molar-refractivity contribution in [3.8, 4) is 0 Å². The Bertz CT molecular complexity index is 945. The number of hydrogen-bond donors (Lipinski definition) is 4. The van der Waals surface area contributed by atoms with Crippen LogP contribution in [0.2, 0.25) is 0 Å². The first-order valence-electron chi connectivity index (χ1n) is 12.8. The van der Waals surface area contributed by atoms with E-state index in [-0.39, 0.29) is 37.5 Å². The molecule has 0 spiro atoms. The molecule has 0 aromatic heterocycles. The molecule has 9 nitrogen and oxygen atoms in total. The van der Waals surface area contributed by atoms with Crippen LogP contribution in [0.15, 0.2) is 30.3 Å². The quantitative estimate of drug-likeness (QED) is 0.168. The summed E-state index contributed by atoms with van der Waals surface area (Å²) >= 11 is 4.23. The summed E-state index contributed by atoms with van der Waals surface area (Å²) in [6.45, 7) is 9.61. The van der Waals surface area contributed by atoms with Crippen molar-refractivity contribution in [2.45, 2.75) is 83.0 Å². The van der Waals surface area contributed by atoms with Crippen molar-refractivity contribution in [1.29, 1.82) is 0 Å². The van der Waals surface area contributed by atoms with E-state index in [1.54, 1.807) is 13.8 Å². The Morgan fingerprint density at radius 2 is 1.76 bits per heavy atom. The maximum atomic E-state index is 13.6. The van der Waals surface area contributed by atoms with Crippen molar-refractivity contribution in [2.75, 3.05) is 25.2 Å². The van der Waals surface area contributed by atoms with Gasteiger partial charge in [0.1, 0.15) is 6.10 Å². The zero-order valence-corrected chi connectivity index (χ0v) is 24.6. The van der Waals surface area contributed by atoms with E-state index in [1.165, 1.54) is 6.92 Å². The summed E-state index contributed by atoms with van der Waals surface area (Å²) < 4.78 is 37.0. The third kappa shape index (κ3) is 10.2. The van der Waals surface area contributed by atoms with Crippen molar-refractivity contribution in [1.82, 2.24) is 10.6 Å². The van der Waals surface area contributed by atoms with Crippen LogP contribution in [0.4, 0.5) is 0 Å². The Labute approximate surface area is 228 Å². The number of sulfone groups is 1. The van der Waals surface area contributed by atoms with E-state index in [4.69, 9.17) is 15.2 Å². The van der Waals surface area contributed by atoms with Crippen molar-refractivity contribution >= 4 is 34.3 Å². The normalized spacial score (nSPS) is 16.9. The molecule has 5 atom stereocenters. The average Bonchev–Trinajstić information content (AvgIpc) is 2.84. The van der Waals surface area contributed by atoms with Gasteiger partial charge in [0.05, 0.1) is 12.7 Å². The monoisotopic (exact) mass is 559 g/mol. The predicted molar refractivity (Wildman–Crippen MR) is 150 cm³/mol. The average molecular weight is 560 g/mol. The summed E-state index contributed by atoms with van der Waals surface area (Å²) in [6.07, 6.45) is 0.187. The van der Waals surface area contributed by atoms with Gasteiger partial charge in [-0.25, -0.2) is 13.2 Å². The van der Waals surface area contributed by atoms with Crippen LogP contribution in [0.3, 0.4) is 0 Å². The van der Waals surface area contributed by atoms with Gasteiger partial charge in [0.25, 0.3) is 5.91 Å². The Hall–Kier alpha value is -1.66. The molecule has 37 heavy (non-hydrogen) atoms. The second-order valence-corrected chi connectivity index (χ2v) is 12.4. The summed E-state index contributed by atoms with van der Waals surface area (Å²) in [4.78, 5) is 24.3. The van der Waals surface area contributed by atoms with Gasteiger partial charge in [-0.05, 0) is 31.7 Å². The number of nitrogens with one attached hydrogen (secondary N) is 2. The fourth-order valence-electron chi connectivity index (χ4n) is 3.73. The number of esters is 1. The third-order valence-corrected chi connectivity index (χ3v) is 8.66. The second kappa shape index (κ2) is 15.7. The molecule has 212 valence electrons. The highest BCUT2D eigenvalue weighted by molar-refractivity contribution is 7.92. The summed E-state index contributed by atoms with van der Waals surface area (Å²) in [5, 5.41) is 5.90. The standard InChI is InChI=1S/C26H45N3O6S2/c1-7-19(5)22(28-15-21(27)17-36)16-34-23(14-20-12-10-9-11-13-20)24(30)29-26(8-2,37(6,32)33)25(31)35-18(3)4/h9-13,18-19,21-23,28,36H,7-8,14-17,27H2,1-6H3,(H,29,30)/t19-,21+,22-,23-,26-/m0/s1. The van der Waals surface area contributed by atoms with Gasteiger partial charge in [-0.2, -0.15) is 12.6 Å². The van der Waals surface area contributed by atoms with E-state index >= 15 is 0 Å². The molecule has 0 saturated heterocycles. The molecule has 1 rings (SSSR count). The lowest BCUT2D eigenvalue weighted by Crippen LogP contribution is -2.62. The van der Waals surface area contributed by atoms with E-state index in [0.29, 0.717) is 12.3 Å². The molecular formula is C26H45N3O6S2. The predicted octanol–water partition coefficient (Wildman–Crippen LogP) is 2.09.